The first-order chi connectivity index (χ1) is 20.7. The molecule has 1 aliphatic carbocycles. The lowest BCUT2D eigenvalue weighted by atomic mass is 9.92. The fourth-order valence-electron chi connectivity index (χ4n) is 4.33. The third-order valence-corrected chi connectivity index (χ3v) is 7.96. The summed E-state index contributed by atoms with van der Waals surface area (Å²) in [5, 5.41) is 1.65. The maximum Gasteiger partial charge on any atom is 0.435 e. The van der Waals surface area contributed by atoms with Gasteiger partial charge in [-0.3, -0.25) is 9.59 Å². The van der Waals surface area contributed by atoms with E-state index in [1.54, 1.807) is 17.4 Å². The van der Waals surface area contributed by atoms with E-state index in [-0.39, 0.29) is 24.1 Å². The number of hydrogen-bond donors (Lipinski definition) is 1. The van der Waals surface area contributed by atoms with Gasteiger partial charge in [-0.15, -0.1) is 0 Å². The van der Waals surface area contributed by atoms with E-state index in [0.717, 1.165) is 35.9 Å². The highest BCUT2D eigenvalue weighted by atomic mass is 79.9. The van der Waals surface area contributed by atoms with E-state index in [0.29, 0.717) is 4.47 Å². The number of alkyl halides is 10. The summed E-state index contributed by atoms with van der Waals surface area (Å²) in [5.41, 5.74) is -13.5. The van der Waals surface area contributed by atoms with Crippen molar-refractivity contribution in [1.82, 2.24) is 0 Å². The highest BCUT2D eigenvalue weighted by Gasteiger charge is 2.73. The first-order valence-corrected chi connectivity index (χ1v) is 14.2. The topological polar surface area (TPSA) is 49.4 Å². The van der Waals surface area contributed by atoms with Crippen LogP contribution in [0.15, 0.2) is 63.5 Å². The summed E-state index contributed by atoms with van der Waals surface area (Å²) in [4.78, 5) is 27.4. The number of nitrogens with zero attached hydrogens (tertiary/aromatic N) is 1. The number of anilines is 2. The molecule has 4 nitrogen and oxygen atoms in total. The Balaban J connectivity index is 1.76. The van der Waals surface area contributed by atoms with Gasteiger partial charge in [0.15, 0.2) is 5.82 Å². The van der Waals surface area contributed by atoms with Gasteiger partial charge in [0.05, 0.1) is 22.5 Å². The molecule has 1 saturated carbocycles. The Labute approximate surface area is 263 Å². The average molecular weight is 782 g/mol. The van der Waals surface area contributed by atoms with Crippen LogP contribution in [0.2, 0.25) is 0 Å². The lowest BCUT2D eigenvalue weighted by Gasteiger charge is -2.31. The van der Waals surface area contributed by atoms with Gasteiger partial charge in [-0.2, -0.15) is 39.5 Å². The summed E-state index contributed by atoms with van der Waals surface area (Å²) in [6.07, 6.45) is -17.7. The number of amides is 2. The second-order valence-corrected chi connectivity index (χ2v) is 11.8. The molecule has 3 aromatic rings. The third-order valence-electron chi connectivity index (χ3n) is 6.80. The molecule has 1 N–H and O–H groups in total. The van der Waals surface area contributed by atoms with E-state index in [1.165, 1.54) is 12.1 Å². The SMILES string of the molecule is O=C(Nc1c(Br)cc(C(F)(C(F)(F)F)C(F)(F)F)cc1C(F)(F)F)c1cccc(N(CC2CC2)C(=O)c2ccc(Br)cc2)c1F. The second kappa shape index (κ2) is 12.2. The van der Waals surface area contributed by atoms with Crippen LogP contribution in [-0.4, -0.2) is 30.7 Å². The molecule has 4 rings (SSSR count). The van der Waals surface area contributed by atoms with Crippen molar-refractivity contribution in [3.8, 4) is 0 Å². The molecule has 0 aliphatic heterocycles. The fourth-order valence-corrected chi connectivity index (χ4v) is 5.15. The molecule has 242 valence electrons. The van der Waals surface area contributed by atoms with Crippen LogP contribution >= 0.6 is 31.9 Å². The lowest BCUT2D eigenvalue weighted by Crippen LogP contribution is -2.50. The summed E-state index contributed by atoms with van der Waals surface area (Å²) in [6, 6.07) is 8.16. The molecular formula is C28H17Br2F11N2O2. The van der Waals surface area contributed by atoms with Gasteiger partial charge in [0.1, 0.15) is 0 Å². The molecule has 17 heteroatoms. The predicted molar refractivity (Wildman–Crippen MR) is 147 cm³/mol. The number of benzene rings is 3. The molecule has 0 aromatic heterocycles. The minimum Gasteiger partial charge on any atom is -0.320 e. The normalized spacial score (nSPS) is 14.3. The molecular weight excluding hydrogens is 765 g/mol. The van der Waals surface area contributed by atoms with Gasteiger partial charge in [-0.1, -0.05) is 22.0 Å². The quantitative estimate of drug-likeness (QED) is 0.243. The Kier molecular flexibility index (Phi) is 9.39. The zero-order valence-corrected chi connectivity index (χ0v) is 25.2. The Morgan fingerprint density at radius 2 is 1.42 bits per heavy atom. The Hall–Kier alpha value is -3.21. The molecule has 0 saturated heterocycles. The van der Waals surface area contributed by atoms with Crippen LogP contribution in [-0.2, 0) is 11.8 Å². The van der Waals surface area contributed by atoms with Crippen molar-refractivity contribution in [2.75, 3.05) is 16.8 Å². The van der Waals surface area contributed by atoms with Gasteiger partial charge in [0.2, 0.25) is 0 Å². The Morgan fingerprint density at radius 3 is 1.93 bits per heavy atom. The van der Waals surface area contributed by atoms with Crippen LogP contribution in [0.3, 0.4) is 0 Å². The maximum atomic E-state index is 15.8. The van der Waals surface area contributed by atoms with Gasteiger partial charge in [-0.25, -0.2) is 8.78 Å². The molecule has 3 aromatic carbocycles. The van der Waals surface area contributed by atoms with E-state index in [1.807, 2.05) is 0 Å². The molecule has 0 heterocycles. The first kappa shape index (κ1) is 34.7. The average Bonchev–Trinajstić information content (AvgIpc) is 3.75. The largest absolute Gasteiger partial charge is 0.435 e. The molecule has 45 heavy (non-hydrogen) atoms. The van der Waals surface area contributed by atoms with Gasteiger partial charge in [-0.05, 0) is 83.2 Å². The van der Waals surface area contributed by atoms with Crippen molar-refractivity contribution >= 4 is 55.0 Å². The first-order valence-electron chi connectivity index (χ1n) is 12.6. The van der Waals surface area contributed by atoms with Crippen LogP contribution in [0.1, 0.15) is 44.7 Å². The van der Waals surface area contributed by atoms with Crippen LogP contribution in [0.25, 0.3) is 0 Å². The molecule has 0 atom stereocenters. The smallest absolute Gasteiger partial charge is 0.320 e. The summed E-state index contributed by atoms with van der Waals surface area (Å²) in [7, 11) is 0. The monoisotopic (exact) mass is 780 g/mol. The van der Waals surface area contributed by atoms with Gasteiger partial charge in [0, 0.05) is 26.6 Å². The Morgan fingerprint density at radius 1 is 0.844 bits per heavy atom. The molecule has 1 aliphatic rings. The summed E-state index contributed by atoms with van der Waals surface area (Å²) >= 11 is 5.61. The van der Waals surface area contributed by atoms with Crippen molar-refractivity contribution in [3.05, 3.63) is 91.6 Å². The van der Waals surface area contributed by atoms with Crippen molar-refractivity contribution in [2.24, 2.45) is 5.92 Å². The van der Waals surface area contributed by atoms with Crippen molar-refractivity contribution in [3.63, 3.8) is 0 Å². The van der Waals surface area contributed by atoms with Crippen molar-refractivity contribution < 1.29 is 57.9 Å². The third kappa shape index (κ3) is 6.98. The standard InChI is InChI=1S/C28H17Br2F11N2O2/c29-16-8-6-14(7-9-16)24(45)43(12-13-4-5-13)20-3-1-2-17(21(20)31)23(44)42-22-18(26(33,34)35)10-15(11-19(22)30)25(32,27(36,37)38)28(39,40)41/h1-3,6-11,13H,4-5,12H2,(H,42,44). The highest BCUT2D eigenvalue weighted by Crippen LogP contribution is 2.55. The zero-order valence-electron chi connectivity index (χ0n) is 22.1. The lowest BCUT2D eigenvalue weighted by molar-refractivity contribution is -0.348. The van der Waals surface area contributed by atoms with Gasteiger partial charge in [0.25, 0.3) is 11.8 Å². The molecule has 0 spiro atoms. The van der Waals surface area contributed by atoms with Crippen molar-refractivity contribution in [1.29, 1.82) is 0 Å². The summed E-state index contributed by atoms with van der Waals surface area (Å²) < 4.78 is 151. The van der Waals surface area contributed by atoms with Gasteiger partial charge < -0.3 is 10.2 Å². The van der Waals surface area contributed by atoms with Crippen LogP contribution in [0, 0.1) is 11.7 Å². The number of carbonyl (C=O) groups excluding carboxylic acids is 2. The summed E-state index contributed by atoms with van der Waals surface area (Å²) in [5.74, 6) is -3.61. The second-order valence-electron chi connectivity index (χ2n) is 9.99. The highest BCUT2D eigenvalue weighted by molar-refractivity contribution is 9.10. The van der Waals surface area contributed by atoms with Crippen LogP contribution in [0.5, 0.6) is 0 Å². The zero-order chi connectivity index (χ0) is 33.7. The molecule has 1 fully saturated rings. The van der Waals surface area contributed by atoms with E-state index in [9.17, 15) is 53.5 Å². The number of hydrogen-bond acceptors (Lipinski definition) is 2. The fraction of sp³-hybridized carbons (Fsp3) is 0.286. The maximum absolute atomic E-state index is 15.8. The molecule has 0 bridgehead atoms. The van der Waals surface area contributed by atoms with E-state index < -0.39 is 80.4 Å². The summed E-state index contributed by atoms with van der Waals surface area (Å²) in [6.45, 7) is 0.0332. The Bertz CT molecular complexity index is 1600. The number of nitrogens with one attached hydrogen (secondary N) is 1. The van der Waals surface area contributed by atoms with E-state index >= 15 is 4.39 Å². The minimum absolute atomic E-state index is 0.00103. The van der Waals surface area contributed by atoms with Crippen molar-refractivity contribution in [2.45, 2.75) is 37.0 Å². The molecule has 2 amide bonds. The predicted octanol–water partition coefficient (Wildman–Crippen LogP) is 9.97. The number of halogens is 13. The van der Waals surface area contributed by atoms with Crippen LogP contribution < -0.4 is 10.2 Å². The van der Waals surface area contributed by atoms with Crippen LogP contribution in [0.4, 0.5) is 59.7 Å². The number of carbonyl (C=O) groups is 2. The van der Waals surface area contributed by atoms with Gasteiger partial charge >= 0.3 is 24.2 Å². The minimum atomic E-state index is -6.72. The number of rotatable bonds is 7. The van der Waals surface area contributed by atoms with E-state index in [2.05, 4.69) is 31.9 Å². The molecule has 0 radical (unpaired) electrons. The van der Waals surface area contributed by atoms with E-state index in [4.69, 9.17) is 0 Å². The molecule has 0 unspecified atom stereocenters.